The number of benzene rings is 1. The average molecular weight is 281 g/mol. The van der Waals surface area contributed by atoms with Gasteiger partial charge in [0.2, 0.25) is 5.69 Å². The molecule has 0 unspecified atom stereocenters. The van der Waals surface area contributed by atoms with Crippen LogP contribution in [0.1, 0.15) is 20.8 Å². The van der Waals surface area contributed by atoms with Crippen molar-refractivity contribution < 1.29 is 18.8 Å². The number of anilines is 1. The fraction of sp³-hybridized carbons (Fsp3) is 0.333. The van der Waals surface area contributed by atoms with Gasteiger partial charge in [-0.2, -0.15) is 0 Å². The standard InChI is InChI=1S/C12H12FN3O4/c1-12(2,3)20-11(17)15-9-5-7(13)8(14-4)6-10(9)16(18)19/h5-6H,1-3H3,(H,15,17). The number of ether oxygens (including phenoxy) is 1. The van der Waals surface area contributed by atoms with Gasteiger partial charge >= 0.3 is 6.09 Å². The SMILES string of the molecule is [C-]#[N+]c1cc([N+](=O)[O-])c(NC(=O)OC(C)(C)C)cc1F. The number of nitrogens with one attached hydrogen (secondary N) is 1. The quantitative estimate of drug-likeness (QED) is 0.509. The minimum Gasteiger partial charge on any atom is -0.444 e. The van der Waals surface area contributed by atoms with Gasteiger partial charge in [0, 0.05) is 6.07 Å². The Balaban J connectivity index is 3.12. The van der Waals surface area contributed by atoms with Crippen molar-refractivity contribution in [3.05, 3.63) is 39.5 Å². The third kappa shape index (κ3) is 3.91. The number of hydrogen-bond donors (Lipinski definition) is 1. The van der Waals surface area contributed by atoms with Gasteiger partial charge in [-0.05, 0) is 26.8 Å². The molecule has 0 atom stereocenters. The molecule has 20 heavy (non-hydrogen) atoms. The topological polar surface area (TPSA) is 85.8 Å². The minimum absolute atomic E-state index is 0.367. The molecular formula is C12H12FN3O4. The molecule has 0 aliphatic heterocycles. The van der Waals surface area contributed by atoms with Crippen molar-refractivity contribution in [2.45, 2.75) is 26.4 Å². The average Bonchev–Trinajstić information content (AvgIpc) is 2.25. The predicted octanol–water partition coefficient (Wildman–Crippen LogP) is 3.63. The third-order valence-corrected chi connectivity index (χ3v) is 2.02. The Morgan fingerprint density at radius 2 is 2.10 bits per heavy atom. The van der Waals surface area contributed by atoms with E-state index < -0.39 is 33.8 Å². The minimum atomic E-state index is -0.961. The van der Waals surface area contributed by atoms with Gasteiger partial charge in [-0.3, -0.25) is 15.4 Å². The van der Waals surface area contributed by atoms with Crippen molar-refractivity contribution in [3.63, 3.8) is 0 Å². The first-order chi connectivity index (χ1) is 9.14. The second-order valence-corrected chi connectivity index (χ2v) is 4.82. The Hall–Kier alpha value is -2.69. The van der Waals surface area contributed by atoms with E-state index in [2.05, 4.69) is 10.2 Å². The van der Waals surface area contributed by atoms with Crippen LogP contribution in [0.4, 0.5) is 26.2 Å². The molecule has 106 valence electrons. The second-order valence-electron chi connectivity index (χ2n) is 4.82. The van der Waals surface area contributed by atoms with Crippen LogP contribution in [0.15, 0.2) is 12.1 Å². The summed E-state index contributed by atoms with van der Waals surface area (Å²) < 4.78 is 18.4. The van der Waals surface area contributed by atoms with Crippen molar-refractivity contribution in [1.29, 1.82) is 0 Å². The maximum Gasteiger partial charge on any atom is 0.412 e. The number of halogens is 1. The highest BCUT2D eigenvalue weighted by Crippen LogP contribution is 2.32. The summed E-state index contributed by atoms with van der Waals surface area (Å²) >= 11 is 0. The third-order valence-electron chi connectivity index (χ3n) is 2.02. The van der Waals surface area contributed by atoms with Gasteiger partial charge in [0.15, 0.2) is 0 Å². The zero-order chi connectivity index (χ0) is 15.5. The molecule has 7 nitrogen and oxygen atoms in total. The van der Waals surface area contributed by atoms with Crippen molar-refractivity contribution >= 4 is 23.2 Å². The molecule has 0 saturated heterocycles. The van der Waals surface area contributed by atoms with E-state index in [-0.39, 0.29) is 5.69 Å². The number of nitro groups is 1. The van der Waals surface area contributed by atoms with Crippen LogP contribution in [0.5, 0.6) is 0 Å². The molecule has 0 bridgehead atoms. The monoisotopic (exact) mass is 281 g/mol. The van der Waals surface area contributed by atoms with Crippen LogP contribution in [0, 0.1) is 22.5 Å². The lowest BCUT2D eigenvalue weighted by molar-refractivity contribution is -0.383. The highest BCUT2D eigenvalue weighted by atomic mass is 19.1. The molecular weight excluding hydrogens is 269 g/mol. The Bertz CT molecular complexity index is 602. The molecule has 0 aliphatic carbocycles. The summed E-state index contributed by atoms with van der Waals surface area (Å²) in [6, 6.07) is 1.48. The summed E-state index contributed by atoms with van der Waals surface area (Å²) in [4.78, 5) is 24.4. The maximum absolute atomic E-state index is 13.5. The number of amides is 1. The number of nitrogens with zero attached hydrogens (tertiary/aromatic N) is 2. The van der Waals surface area contributed by atoms with E-state index in [1.165, 1.54) is 0 Å². The zero-order valence-corrected chi connectivity index (χ0v) is 11.1. The number of nitro benzene ring substituents is 1. The summed E-state index contributed by atoms with van der Waals surface area (Å²) in [5.74, 6) is -0.961. The first-order valence-corrected chi connectivity index (χ1v) is 5.49. The van der Waals surface area contributed by atoms with Crippen LogP contribution in [0.3, 0.4) is 0 Å². The molecule has 1 rings (SSSR count). The number of carbonyl (C=O) groups excluding carboxylic acids is 1. The van der Waals surface area contributed by atoms with Crippen LogP contribution >= 0.6 is 0 Å². The Morgan fingerprint density at radius 3 is 2.55 bits per heavy atom. The lowest BCUT2D eigenvalue weighted by atomic mass is 10.2. The number of hydrogen-bond acceptors (Lipinski definition) is 4. The van der Waals surface area contributed by atoms with Crippen LogP contribution in [-0.4, -0.2) is 16.6 Å². The number of rotatable bonds is 2. The molecule has 0 heterocycles. The predicted molar refractivity (Wildman–Crippen MR) is 69.2 cm³/mol. The number of carbonyl (C=O) groups is 1. The van der Waals surface area contributed by atoms with Crippen LogP contribution in [-0.2, 0) is 4.74 Å². The maximum atomic E-state index is 13.5. The summed E-state index contributed by atoms with van der Waals surface area (Å²) in [5, 5.41) is 13.0. The summed E-state index contributed by atoms with van der Waals surface area (Å²) in [7, 11) is 0. The molecule has 1 N–H and O–H groups in total. The summed E-state index contributed by atoms with van der Waals surface area (Å²) in [6.07, 6.45) is -0.949. The van der Waals surface area contributed by atoms with Crippen molar-refractivity contribution in [1.82, 2.24) is 0 Å². The van der Waals surface area contributed by atoms with E-state index in [0.29, 0.717) is 0 Å². The zero-order valence-electron chi connectivity index (χ0n) is 11.1. The van der Waals surface area contributed by atoms with Crippen molar-refractivity contribution in [3.8, 4) is 0 Å². The summed E-state index contributed by atoms with van der Waals surface area (Å²) in [6.45, 7) is 11.5. The Labute approximate surface area is 114 Å². The normalized spacial score (nSPS) is 10.6. The molecule has 0 fully saturated rings. The molecule has 0 spiro atoms. The molecule has 0 aromatic heterocycles. The lowest BCUT2D eigenvalue weighted by Crippen LogP contribution is -2.27. The molecule has 0 radical (unpaired) electrons. The molecule has 0 saturated carbocycles. The molecule has 1 amide bonds. The first-order valence-electron chi connectivity index (χ1n) is 5.49. The van der Waals surface area contributed by atoms with Crippen LogP contribution < -0.4 is 5.32 Å². The van der Waals surface area contributed by atoms with E-state index in [1.54, 1.807) is 20.8 Å². The van der Waals surface area contributed by atoms with Gasteiger partial charge in [0.25, 0.3) is 5.69 Å². The first kappa shape index (κ1) is 15.4. The smallest absolute Gasteiger partial charge is 0.412 e. The van der Waals surface area contributed by atoms with Gasteiger partial charge in [-0.15, -0.1) is 0 Å². The van der Waals surface area contributed by atoms with Gasteiger partial charge in [-0.1, -0.05) is 0 Å². The lowest BCUT2D eigenvalue weighted by Gasteiger charge is -2.19. The van der Waals surface area contributed by atoms with Gasteiger partial charge in [-0.25, -0.2) is 14.0 Å². The molecule has 1 aromatic carbocycles. The fourth-order valence-corrected chi connectivity index (χ4v) is 1.30. The Morgan fingerprint density at radius 1 is 1.50 bits per heavy atom. The van der Waals surface area contributed by atoms with Gasteiger partial charge in [0.05, 0.1) is 11.5 Å². The van der Waals surface area contributed by atoms with Crippen LogP contribution in [0.25, 0.3) is 4.85 Å². The highest BCUT2D eigenvalue weighted by Gasteiger charge is 2.22. The largest absolute Gasteiger partial charge is 0.444 e. The Kier molecular flexibility index (Phi) is 4.24. The summed E-state index contributed by atoms with van der Waals surface area (Å²) in [5.41, 5.74) is -2.24. The van der Waals surface area contributed by atoms with E-state index >= 15 is 0 Å². The fourth-order valence-electron chi connectivity index (χ4n) is 1.30. The van der Waals surface area contributed by atoms with E-state index in [9.17, 15) is 19.3 Å². The van der Waals surface area contributed by atoms with E-state index in [0.717, 1.165) is 12.1 Å². The molecule has 0 aliphatic rings. The molecule has 8 heteroatoms. The van der Waals surface area contributed by atoms with Gasteiger partial charge in [0.1, 0.15) is 17.1 Å². The molecule has 1 aromatic rings. The van der Waals surface area contributed by atoms with Crippen molar-refractivity contribution in [2.75, 3.05) is 5.32 Å². The van der Waals surface area contributed by atoms with Crippen LogP contribution in [0.2, 0.25) is 0 Å². The van der Waals surface area contributed by atoms with E-state index in [4.69, 9.17) is 11.3 Å². The highest BCUT2D eigenvalue weighted by molar-refractivity contribution is 5.89. The van der Waals surface area contributed by atoms with Gasteiger partial charge < -0.3 is 4.74 Å². The van der Waals surface area contributed by atoms with Crippen molar-refractivity contribution in [2.24, 2.45) is 0 Å². The second kappa shape index (κ2) is 5.52. The van der Waals surface area contributed by atoms with E-state index in [1.807, 2.05) is 0 Å².